The zero-order chi connectivity index (χ0) is 28.2. The molecule has 0 saturated heterocycles. The summed E-state index contributed by atoms with van der Waals surface area (Å²) in [6, 6.07) is 49.9. The Kier molecular flexibility index (Phi) is 6.44. The Bertz CT molecular complexity index is 2110. The van der Waals surface area contributed by atoms with Crippen LogP contribution in [0.25, 0.3) is 42.5 Å². The summed E-state index contributed by atoms with van der Waals surface area (Å²) in [5.74, 6) is 0. The van der Waals surface area contributed by atoms with Gasteiger partial charge >= 0.3 is 20.4 Å². The van der Waals surface area contributed by atoms with E-state index in [1.165, 1.54) is 66.1 Å². The number of benzene rings is 6. The van der Waals surface area contributed by atoms with E-state index < -0.39 is 28.8 Å². The minimum absolute atomic E-state index is 0.401. The monoisotopic (exact) mass is 562 g/mol. The standard InChI is InChI=1S/C21H17Si.C19H13.Mg/c1-22(2)21-18-13-12-16-10-6-7-11-17(16)20(18)14-19(21)15-8-4-3-5-9-15;1-2-6-14(7-3-1)17-12-16-11-10-15-8-4-5-9-18(15)19(16)13-17;/h3-13H,1-2H3;1-13H;. The van der Waals surface area contributed by atoms with E-state index in [-0.39, 0.29) is 0 Å². The largest absolute Gasteiger partial charge is 0.428 e. The topological polar surface area (TPSA) is 0 Å². The molecule has 0 bridgehead atoms. The molecule has 0 spiro atoms. The molecule has 0 aromatic heterocycles. The van der Waals surface area contributed by atoms with Crippen molar-refractivity contribution in [3.63, 3.8) is 0 Å². The van der Waals surface area contributed by atoms with Gasteiger partial charge in [0.25, 0.3) is 0 Å². The third kappa shape index (κ3) is 4.12. The molecular weight excluding hydrogens is 533 g/mol. The molecule has 6 aromatic carbocycles. The lowest BCUT2D eigenvalue weighted by atomic mass is 9.97. The van der Waals surface area contributed by atoms with Gasteiger partial charge in [-0.3, -0.25) is 0 Å². The average molecular weight is 563 g/mol. The summed E-state index contributed by atoms with van der Waals surface area (Å²) in [6.07, 6.45) is 2.50. The second-order valence-electron chi connectivity index (χ2n) is 11.8. The van der Waals surface area contributed by atoms with E-state index in [1.807, 2.05) is 0 Å². The van der Waals surface area contributed by atoms with Crippen LogP contribution in [0.4, 0.5) is 0 Å². The molecule has 8 rings (SSSR count). The SMILES string of the molecule is C[Si](C)=C1C(c2ccccc2)=[C]([Mg][CH]2C(c3ccccc3)=Cc3ccc4ccccc4c32)c2c1ccc1ccccc21. The summed E-state index contributed by atoms with van der Waals surface area (Å²) in [7, 11) is -0.746. The Balaban J connectivity index is 1.44. The van der Waals surface area contributed by atoms with Gasteiger partial charge in [0, 0.05) is 8.41 Å². The normalized spacial score (nSPS) is 15.5. The van der Waals surface area contributed by atoms with Gasteiger partial charge in [0.1, 0.15) is 0 Å². The smallest absolute Gasteiger partial charge is 0.156 e. The number of fused-ring (bicyclic) bond motifs is 6. The molecular formula is C40H30MgSi. The van der Waals surface area contributed by atoms with E-state index in [4.69, 9.17) is 0 Å². The van der Waals surface area contributed by atoms with E-state index in [2.05, 4.69) is 153 Å². The van der Waals surface area contributed by atoms with Gasteiger partial charge in [-0.25, -0.2) is 0 Å². The molecule has 1 atom stereocenters. The summed E-state index contributed by atoms with van der Waals surface area (Å²) in [4.78, 5) is 0. The first-order valence-electron chi connectivity index (χ1n) is 15.0. The molecule has 42 heavy (non-hydrogen) atoms. The number of hydrogen-bond acceptors (Lipinski definition) is 0. The highest BCUT2D eigenvalue weighted by atomic mass is 28.2. The summed E-state index contributed by atoms with van der Waals surface area (Å²) < 4.78 is 2.04. The molecule has 6 aromatic rings. The van der Waals surface area contributed by atoms with Crippen molar-refractivity contribution < 1.29 is 0 Å². The first kappa shape index (κ1) is 25.8. The van der Waals surface area contributed by atoms with E-state index in [0.717, 1.165) is 0 Å². The molecule has 0 heterocycles. The van der Waals surface area contributed by atoms with Crippen LogP contribution in [0.5, 0.6) is 0 Å². The van der Waals surface area contributed by atoms with Crippen LogP contribution in [0.3, 0.4) is 0 Å². The predicted octanol–water partition coefficient (Wildman–Crippen LogP) is 9.73. The van der Waals surface area contributed by atoms with E-state index >= 15 is 0 Å². The van der Waals surface area contributed by atoms with Crippen molar-refractivity contribution in [1.82, 2.24) is 0 Å². The Morgan fingerprint density at radius 2 is 1.17 bits per heavy atom. The molecule has 0 radical (unpaired) electrons. The van der Waals surface area contributed by atoms with E-state index in [0.29, 0.717) is 4.05 Å². The zero-order valence-corrected chi connectivity index (χ0v) is 26.5. The fraction of sp³-hybridized carbons (Fsp3) is 0.0750. The number of hydrogen-bond donors (Lipinski definition) is 0. The molecule has 0 nitrogen and oxygen atoms in total. The van der Waals surface area contributed by atoms with Crippen molar-refractivity contribution in [2.45, 2.75) is 17.1 Å². The van der Waals surface area contributed by atoms with Crippen LogP contribution in [-0.4, -0.2) is 33.9 Å². The molecule has 2 heteroatoms. The zero-order valence-electron chi connectivity index (χ0n) is 24.1. The van der Waals surface area contributed by atoms with Gasteiger partial charge in [-0.1, -0.05) is 168 Å². The van der Waals surface area contributed by atoms with Gasteiger partial charge in [0.2, 0.25) is 0 Å². The van der Waals surface area contributed by atoms with E-state index in [1.54, 1.807) is 8.87 Å². The van der Waals surface area contributed by atoms with Gasteiger partial charge in [-0.05, 0) is 60.1 Å². The first-order valence-corrected chi connectivity index (χ1v) is 19.0. The fourth-order valence-electron chi connectivity index (χ4n) is 7.44. The second-order valence-corrected chi connectivity index (χ2v) is 16.2. The lowest BCUT2D eigenvalue weighted by molar-refractivity contribution is 1.27. The van der Waals surface area contributed by atoms with E-state index in [9.17, 15) is 0 Å². The first-order chi connectivity index (χ1) is 20.7. The summed E-state index contributed by atoms with van der Waals surface area (Å²) in [5, 5.41) is 7.11. The molecule has 0 aliphatic heterocycles. The van der Waals surface area contributed by atoms with Gasteiger partial charge in [-0.2, -0.15) is 3.70 Å². The van der Waals surface area contributed by atoms with Crippen molar-refractivity contribution in [1.29, 1.82) is 0 Å². The van der Waals surface area contributed by atoms with Gasteiger partial charge in [0.05, 0.1) is 0 Å². The van der Waals surface area contributed by atoms with Gasteiger partial charge in [0.15, 0.2) is 0 Å². The molecule has 2 aliphatic carbocycles. The highest BCUT2D eigenvalue weighted by molar-refractivity contribution is 6.86. The molecule has 0 fully saturated rings. The Morgan fingerprint density at radius 1 is 0.571 bits per heavy atom. The summed E-state index contributed by atoms with van der Waals surface area (Å²) in [6.45, 7) is 4.94. The molecule has 0 amide bonds. The number of rotatable bonds is 4. The van der Waals surface area contributed by atoms with Crippen LogP contribution >= 0.6 is 0 Å². The highest BCUT2D eigenvalue weighted by Gasteiger charge is 2.36. The average Bonchev–Trinajstić information content (AvgIpc) is 3.58. The molecule has 2 aliphatic rings. The van der Waals surface area contributed by atoms with Crippen molar-refractivity contribution in [2.75, 3.05) is 0 Å². The Hall–Kier alpha value is -3.83. The maximum atomic E-state index is 2.50. The number of allylic oxidation sites excluding steroid dienone is 2. The maximum absolute atomic E-state index is 2.50. The van der Waals surface area contributed by atoms with Crippen molar-refractivity contribution in [2.24, 2.45) is 0 Å². The molecule has 1 unspecified atom stereocenters. The van der Waals surface area contributed by atoms with Crippen molar-refractivity contribution in [3.8, 4) is 0 Å². The predicted molar refractivity (Wildman–Crippen MR) is 186 cm³/mol. The lowest BCUT2D eigenvalue weighted by Crippen LogP contribution is -2.13. The third-order valence-electron chi connectivity index (χ3n) is 9.17. The van der Waals surface area contributed by atoms with Crippen LogP contribution in [0.1, 0.15) is 37.4 Å². The Labute approximate surface area is 259 Å². The fourth-order valence-corrected chi connectivity index (χ4v) is 12.0. The van der Waals surface area contributed by atoms with Crippen LogP contribution in [0.2, 0.25) is 13.1 Å². The lowest BCUT2D eigenvalue weighted by Gasteiger charge is -2.22. The molecule has 196 valence electrons. The van der Waals surface area contributed by atoms with Gasteiger partial charge < -0.3 is 0 Å². The quantitative estimate of drug-likeness (QED) is 0.188. The Morgan fingerprint density at radius 3 is 1.88 bits per heavy atom. The summed E-state index contributed by atoms with van der Waals surface area (Å²) >= 11 is -0.869. The molecule has 0 saturated carbocycles. The second kappa shape index (κ2) is 10.5. The molecule has 0 N–H and O–H groups in total. The maximum Gasteiger partial charge on any atom is 0.428 e. The van der Waals surface area contributed by atoms with Crippen molar-refractivity contribution >= 4 is 76.4 Å². The van der Waals surface area contributed by atoms with Crippen LogP contribution < -0.4 is 0 Å². The van der Waals surface area contributed by atoms with Crippen LogP contribution in [0, 0.1) is 0 Å². The minimum atomic E-state index is -0.869. The minimum Gasteiger partial charge on any atom is -0.156 e. The van der Waals surface area contributed by atoms with Gasteiger partial charge in [-0.15, -0.1) is 0 Å². The highest BCUT2D eigenvalue weighted by Crippen LogP contribution is 2.49. The van der Waals surface area contributed by atoms with Crippen molar-refractivity contribution in [3.05, 3.63) is 167 Å². The third-order valence-corrected chi connectivity index (χ3v) is 13.1. The van der Waals surface area contributed by atoms with Crippen LogP contribution in [-0.2, 0) is 0 Å². The summed E-state index contributed by atoms with van der Waals surface area (Å²) in [5.41, 5.74) is 11.7. The van der Waals surface area contributed by atoms with Crippen LogP contribution in [0.15, 0.2) is 133 Å².